The third-order valence-electron chi connectivity index (χ3n) is 3.85. The first-order valence-corrected chi connectivity index (χ1v) is 7.97. The molecule has 0 aromatic heterocycles. The number of hydrogen-bond donors (Lipinski definition) is 4. The third kappa shape index (κ3) is 4.22. The summed E-state index contributed by atoms with van der Waals surface area (Å²) in [5.74, 6) is -0.176. The number of nitrogens with two attached hydrogens (primary N) is 1. The summed E-state index contributed by atoms with van der Waals surface area (Å²) in [7, 11) is 0. The number of hydrogen-bond acceptors (Lipinski definition) is 5. The molecule has 24 heavy (non-hydrogen) atoms. The molecule has 5 N–H and O–H groups in total. The molecule has 2 atom stereocenters. The number of anilines is 1. The SMILES string of the molecule is CCNC(=O)Nc1ccc([C@H]2OCC(=O)N(CCN)[C@@H]2CO)cc1. The number of carbonyl (C=O) groups is 2. The molecule has 2 rings (SSSR count). The van der Waals surface area contributed by atoms with E-state index in [-0.39, 0.29) is 25.2 Å². The van der Waals surface area contributed by atoms with Crippen molar-refractivity contribution in [3.63, 3.8) is 0 Å². The van der Waals surface area contributed by atoms with Crippen LogP contribution < -0.4 is 16.4 Å². The summed E-state index contributed by atoms with van der Waals surface area (Å²) in [6, 6.07) is 6.39. The van der Waals surface area contributed by atoms with Crippen LogP contribution in [0.25, 0.3) is 0 Å². The second kappa shape index (κ2) is 8.62. The Morgan fingerprint density at radius 3 is 2.71 bits per heavy atom. The van der Waals surface area contributed by atoms with E-state index in [1.165, 1.54) is 0 Å². The van der Waals surface area contributed by atoms with Crippen LogP contribution in [-0.2, 0) is 9.53 Å². The first-order valence-electron chi connectivity index (χ1n) is 7.97. The van der Waals surface area contributed by atoms with Crippen LogP contribution in [0.3, 0.4) is 0 Å². The minimum atomic E-state index is -0.475. The molecule has 0 aliphatic carbocycles. The van der Waals surface area contributed by atoms with E-state index in [1.54, 1.807) is 17.0 Å². The quantitative estimate of drug-likeness (QED) is 0.585. The van der Waals surface area contributed by atoms with Crippen molar-refractivity contribution in [3.05, 3.63) is 29.8 Å². The lowest BCUT2D eigenvalue weighted by Gasteiger charge is -2.40. The number of rotatable bonds is 6. The van der Waals surface area contributed by atoms with E-state index in [1.807, 2.05) is 19.1 Å². The van der Waals surface area contributed by atoms with Crippen molar-refractivity contribution in [2.75, 3.05) is 38.2 Å². The highest BCUT2D eigenvalue weighted by atomic mass is 16.5. The number of nitrogens with one attached hydrogen (secondary N) is 2. The first-order chi connectivity index (χ1) is 11.6. The lowest BCUT2D eigenvalue weighted by Crippen LogP contribution is -2.54. The Morgan fingerprint density at radius 1 is 1.42 bits per heavy atom. The highest BCUT2D eigenvalue weighted by Crippen LogP contribution is 2.29. The van der Waals surface area contributed by atoms with Crippen molar-refractivity contribution in [1.82, 2.24) is 10.2 Å². The van der Waals surface area contributed by atoms with Crippen LogP contribution in [-0.4, -0.2) is 60.8 Å². The number of carbonyl (C=O) groups excluding carboxylic acids is 2. The highest BCUT2D eigenvalue weighted by molar-refractivity contribution is 5.89. The predicted molar refractivity (Wildman–Crippen MR) is 89.5 cm³/mol. The maximum absolute atomic E-state index is 11.9. The zero-order chi connectivity index (χ0) is 17.5. The molecule has 3 amide bonds. The van der Waals surface area contributed by atoms with Crippen LogP contribution >= 0.6 is 0 Å². The molecule has 0 bridgehead atoms. The Bertz CT molecular complexity index is 564. The van der Waals surface area contributed by atoms with Crippen LogP contribution in [0.4, 0.5) is 10.5 Å². The van der Waals surface area contributed by atoms with Gasteiger partial charge in [0.05, 0.1) is 12.6 Å². The molecule has 1 saturated heterocycles. The average Bonchev–Trinajstić information content (AvgIpc) is 2.57. The number of aliphatic hydroxyl groups excluding tert-OH is 1. The van der Waals surface area contributed by atoms with Crippen LogP contribution in [0.1, 0.15) is 18.6 Å². The topological polar surface area (TPSA) is 117 Å². The van der Waals surface area contributed by atoms with E-state index in [9.17, 15) is 14.7 Å². The molecule has 8 nitrogen and oxygen atoms in total. The van der Waals surface area contributed by atoms with Crippen LogP contribution in [0.5, 0.6) is 0 Å². The van der Waals surface area contributed by atoms with Gasteiger partial charge in [-0.15, -0.1) is 0 Å². The lowest BCUT2D eigenvalue weighted by atomic mass is 9.99. The van der Waals surface area contributed by atoms with Gasteiger partial charge >= 0.3 is 6.03 Å². The molecule has 0 unspecified atom stereocenters. The summed E-state index contributed by atoms with van der Waals surface area (Å²) in [5, 5.41) is 15.1. The van der Waals surface area contributed by atoms with Gasteiger partial charge in [-0.3, -0.25) is 4.79 Å². The van der Waals surface area contributed by atoms with E-state index >= 15 is 0 Å². The van der Waals surface area contributed by atoms with Crippen molar-refractivity contribution in [2.24, 2.45) is 5.73 Å². The molecule has 0 spiro atoms. The summed E-state index contributed by atoms with van der Waals surface area (Å²) in [5.41, 5.74) is 7.02. The monoisotopic (exact) mass is 336 g/mol. The molecular weight excluding hydrogens is 312 g/mol. The number of benzene rings is 1. The number of aliphatic hydroxyl groups is 1. The summed E-state index contributed by atoms with van der Waals surface area (Å²) < 4.78 is 5.62. The largest absolute Gasteiger partial charge is 0.394 e. The zero-order valence-corrected chi connectivity index (χ0v) is 13.7. The van der Waals surface area contributed by atoms with Gasteiger partial charge in [0.2, 0.25) is 5.91 Å². The number of nitrogens with zero attached hydrogens (tertiary/aromatic N) is 1. The number of morpholine rings is 1. The Balaban J connectivity index is 2.11. The van der Waals surface area contributed by atoms with Gasteiger partial charge in [-0.1, -0.05) is 12.1 Å². The second-order valence-corrected chi connectivity index (χ2v) is 5.46. The minimum Gasteiger partial charge on any atom is -0.394 e. The predicted octanol–water partition coefficient (Wildman–Crippen LogP) is 0.0475. The van der Waals surface area contributed by atoms with E-state index in [4.69, 9.17) is 10.5 Å². The van der Waals surface area contributed by atoms with Gasteiger partial charge in [-0.05, 0) is 24.6 Å². The minimum absolute atomic E-state index is 0.0416. The number of ether oxygens (including phenoxy) is 1. The van der Waals surface area contributed by atoms with Crippen molar-refractivity contribution in [3.8, 4) is 0 Å². The fourth-order valence-electron chi connectivity index (χ4n) is 2.74. The molecule has 0 saturated carbocycles. The maximum atomic E-state index is 11.9. The summed E-state index contributed by atoms with van der Waals surface area (Å²) in [6.45, 7) is 2.83. The fraction of sp³-hybridized carbons (Fsp3) is 0.500. The van der Waals surface area contributed by atoms with Crippen LogP contribution in [0.15, 0.2) is 24.3 Å². The normalized spacial score (nSPS) is 20.8. The van der Waals surface area contributed by atoms with Gasteiger partial charge in [0, 0.05) is 25.3 Å². The Morgan fingerprint density at radius 2 is 2.12 bits per heavy atom. The molecule has 1 fully saturated rings. The van der Waals surface area contributed by atoms with Crippen molar-refractivity contribution < 1.29 is 19.4 Å². The van der Waals surface area contributed by atoms with E-state index < -0.39 is 12.1 Å². The zero-order valence-electron chi connectivity index (χ0n) is 13.7. The maximum Gasteiger partial charge on any atom is 0.319 e. The molecule has 8 heteroatoms. The fourth-order valence-corrected chi connectivity index (χ4v) is 2.74. The van der Waals surface area contributed by atoms with Gasteiger partial charge < -0.3 is 31.1 Å². The second-order valence-electron chi connectivity index (χ2n) is 5.46. The summed E-state index contributed by atoms with van der Waals surface area (Å²) >= 11 is 0. The standard InChI is InChI=1S/C16H24N4O4/c1-2-18-16(23)19-12-5-3-11(4-6-12)15-13(9-21)20(8-7-17)14(22)10-24-15/h3-6,13,15,21H,2,7-10,17H2,1H3,(H2,18,19,23)/t13-,15-/m1/s1. The van der Waals surface area contributed by atoms with Gasteiger partial charge in [0.25, 0.3) is 0 Å². The molecule has 1 aromatic rings. The number of urea groups is 1. The lowest BCUT2D eigenvalue weighted by molar-refractivity contribution is -0.160. The van der Waals surface area contributed by atoms with Crippen LogP contribution in [0.2, 0.25) is 0 Å². The van der Waals surface area contributed by atoms with Gasteiger partial charge in [0.15, 0.2) is 0 Å². The van der Waals surface area contributed by atoms with Gasteiger partial charge in [-0.25, -0.2) is 4.79 Å². The summed E-state index contributed by atoms with van der Waals surface area (Å²) in [6.07, 6.45) is -0.433. The third-order valence-corrected chi connectivity index (χ3v) is 3.85. The highest BCUT2D eigenvalue weighted by Gasteiger charge is 2.36. The smallest absolute Gasteiger partial charge is 0.319 e. The van der Waals surface area contributed by atoms with E-state index in [2.05, 4.69) is 10.6 Å². The molecule has 1 aliphatic rings. The molecule has 1 aliphatic heterocycles. The Kier molecular flexibility index (Phi) is 6.53. The summed E-state index contributed by atoms with van der Waals surface area (Å²) in [4.78, 5) is 25.0. The Hall–Kier alpha value is -2.16. The first kappa shape index (κ1) is 18.2. The average molecular weight is 336 g/mol. The van der Waals surface area contributed by atoms with Gasteiger partial charge in [-0.2, -0.15) is 0 Å². The van der Waals surface area contributed by atoms with Crippen molar-refractivity contribution >= 4 is 17.6 Å². The molecule has 1 aromatic carbocycles. The number of amides is 3. The van der Waals surface area contributed by atoms with Gasteiger partial charge in [0.1, 0.15) is 12.7 Å². The molecular formula is C16H24N4O4. The molecule has 132 valence electrons. The molecule has 1 heterocycles. The Labute approximate surface area is 141 Å². The van der Waals surface area contributed by atoms with Crippen molar-refractivity contribution in [2.45, 2.75) is 19.1 Å². The van der Waals surface area contributed by atoms with E-state index in [0.29, 0.717) is 25.3 Å². The molecule has 0 radical (unpaired) electrons. The van der Waals surface area contributed by atoms with E-state index in [0.717, 1.165) is 5.56 Å². The van der Waals surface area contributed by atoms with Crippen molar-refractivity contribution in [1.29, 1.82) is 0 Å². The van der Waals surface area contributed by atoms with Crippen LogP contribution in [0, 0.1) is 0 Å².